The number of morpholine rings is 1. The van der Waals surface area contributed by atoms with Gasteiger partial charge in [0.2, 0.25) is 11.8 Å². The van der Waals surface area contributed by atoms with Crippen LogP contribution in [0.1, 0.15) is 37.7 Å². The summed E-state index contributed by atoms with van der Waals surface area (Å²) in [5, 5.41) is 3.29. The highest BCUT2D eigenvalue weighted by molar-refractivity contribution is 5.78. The predicted octanol–water partition coefficient (Wildman–Crippen LogP) is 1.84. The first-order valence-electron chi connectivity index (χ1n) is 11.1. The number of hydrogen-bond donors (Lipinski definition) is 1. The fourth-order valence-electron chi connectivity index (χ4n) is 4.93. The number of likely N-dealkylation sites (tertiary alicyclic amines) is 2. The van der Waals surface area contributed by atoms with Crippen molar-refractivity contribution in [1.29, 1.82) is 0 Å². The van der Waals surface area contributed by atoms with E-state index in [-0.39, 0.29) is 23.3 Å². The summed E-state index contributed by atoms with van der Waals surface area (Å²) in [6, 6.07) is 10.4. The van der Waals surface area contributed by atoms with Gasteiger partial charge in [0.1, 0.15) is 0 Å². The first-order valence-corrected chi connectivity index (χ1v) is 11.1. The van der Waals surface area contributed by atoms with Crippen LogP contribution in [0.5, 0.6) is 0 Å². The molecule has 0 aromatic heterocycles. The lowest BCUT2D eigenvalue weighted by Gasteiger charge is -2.47. The molecule has 3 saturated heterocycles. The highest BCUT2D eigenvalue weighted by Crippen LogP contribution is 2.40. The maximum Gasteiger partial charge on any atom is 0.225 e. The standard InChI is InChI=1S/C23H33N3O3/c27-21-6-8-23(18-26(21)12-7-19-4-2-1-3-5-19)9-13-25(14-10-23)22(28)16-20-17-24-11-15-29-20/h1-5,20,24H,6-18H2/t20-/m1/s1. The molecule has 3 fully saturated rings. The summed E-state index contributed by atoms with van der Waals surface area (Å²) in [6.07, 6.45) is 4.99. The van der Waals surface area contributed by atoms with Crippen molar-refractivity contribution in [1.82, 2.24) is 15.1 Å². The summed E-state index contributed by atoms with van der Waals surface area (Å²) < 4.78 is 5.68. The van der Waals surface area contributed by atoms with Crippen LogP contribution in [0.15, 0.2) is 30.3 Å². The zero-order valence-corrected chi connectivity index (χ0v) is 17.3. The molecule has 0 bridgehead atoms. The Morgan fingerprint density at radius 1 is 1.17 bits per heavy atom. The minimum Gasteiger partial charge on any atom is -0.375 e. The minimum absolute atomic E-state index is 0.00733. The van der Waals surface area contributed by atoms with Crippen molar-refractivity contribution in [2.24, 2.45) is 5.41 Å². The number of nitrogens with zero attached hydrogens (tertiary/aromatic N) is 2. The van der Waals surface area contributed by atoms with Crippen molar-refractivity contribution in [3.8, 4) is 0 Å². The van der Waals surface area contributed by atoms with E-state index in [1.807, 2.05) is 11.0 Å². The third-order valence-electron chi connectivity index (χ3n) is 6.84. The lowest BCUT2D eigenvalue weighted by molar-refractivity contribution is -0.143. The van der Waals surface area contributed by atoms with Gasteiger partial charge in [-0.05, 0) is 36.7 Å². The highest BCUT2D eigenvalue weighted by Gasteiger charge is 2.41. The molecule has 6 heteroatoms. The molecule has 0 aliphatic carbocycles. The quantitative estimate of drug-likeness (QED) is 0.821. The average Bonchev–Trinajstić information content (AvgIpc) is 2.76. The molecule has 0 unspecified atom stereocenters. The Morgan fingerprint density at radius 2 is 1.97 bits per heavy atom. The molecule has 1 aromatic rings. The molecule has 0 saturated carbocycles. The topological polar surface area (TPSA) is 61.9 Å². The van der Waals surface area contributed by atoms with Gasteiger partial charge in [0.25, 0.3) is 0 Å². The van der Waals surface area contributed by atoms with E-state index in [1.165, 1.54) is 5.56 Å². The Hall–Kier alpha value is -1.92. The van der Waals surface area contributed by atoms with E-state index in [1.54, 1.807) is 0 Å². The van der Waals surface area contributed by atoms with E-state index < -0.39 is 0 Å². The zero-order chi connectivity index (χ0) is 20.1. The maximum absolute atomic E-state index is 12.7. The third-order valence-corrected chi connectivity index (χ3v) is 6.84. The molecule has 1 spiro atoms. The molecule has 3 heterocycles. The summed E-state index contributed by atoms with van der Waals surface area (Å²) in [5.41, 5.74) is 1.46. The third kappa shape index (κ3) is 5.17. The van der Waals surface area contributed by atoms with Gasteiger partial charge in [0.05, 0.1) is 19.1 Å². The Balaban J connectivity index is 1.27. The first kappa shape index (κ1) is 20.4. The monoisotopic (exact) mass is 399 g/mol. The largest absolute Gasteiger partial charge is 0.375 e. The van der Waals surface area contributed by atoms with Gasteiger partial charge in [0, 0.05) is 45.7 Å². The van der Waals surface area contributed by atoms with Crippen LogP contribution in [-0.4, -0.2) is 73.6 Å². The molecule has 1 aromatic carbocycles. The lowest BCUT2D eigenvalue weighted by atomic mass is 9.72. The molecule has 3 aliphatic rings. The SMILES string of the molecule is O=C(C[C@@H]1CNCCO1)N1CCC2(CCC(=O)N(CCc3ccccc3)C2)CC1. The van der Waals surface area contributed by atoms with E-state index in [2.05, 4.69) is 34.5 Å². The molecule has 1 N–H and O–H groups in total. The maximum atomic E-state index is 12.7. The van der Waals surface area contributed by atoms with Gasteiger partial charge in [-0.25, -0.2) is 0 Å². The smallest absolute Gasteiger partial charge is 0.225 e. The van der Waals surface area contributed by atoms with Gasteiger partial charge in [-0.2, -0.15) is 0 Å². The number of rotatable bonds is 5. The first-order chi connectivity index (χ1) is 14.1. The second-order valence-corrected chi connectivity index (χ2v) is 8.83. The van der Waals surface area contributed by atoms with Crippen molar-refractivity contribution in [2.75, 3.05) is 45.9 Å². The van der Waals surface area contributed by atoms with E-state index in [4.69, 9.17) is 4.74 Å². The summed E-state index contributed by atoms with van der Waals surface area (Å²) >= 11 is 0. The van der Waals surface area contributed by atoms with Crippen molar-refractivity contribution in [3.05, 3.63) is 35.9 Å². The van der Waals surface area contributed by atoms with Gasteiger partial charge < -0.3 is 19.9 Å². The molecule has 4 rings (SSSR count). The molecule has 158 valence electrons. The second kappa shape index (κ2) is 9.26. The van der Waals surface area contributed by atoms with Crippen molar-refractivity contribution < 1.29 is 14.3 Å². The summed E-state index contributed by atoms with van der Waals surface area (Å²) in [4.78, 5) is 29.2. The highest BCUT2D eigenvalue weighted by atomic mass is 16.5. The number of benzene rings is 1. The van der Waals surface area contributed by atoms with Gasteiger partial charge in [0.15, 0.2) is 0 Å². The Bertz CT molecular complexity index is 695. The van der Waals surface area contributed by atoms with E-state index in [0.717, 1.165) is 65.0 Å². The van der Waals surface area contributed by atoms with Crippen molar-refractivity contribution in [3.63, 3.8) is 0 Å². The van der Waals surface area contributed by atoms with Crippen molar-refractivity contribution in [2.45, 2.75) is 44.6 Å². The summed E-state index contributed by atoms with van der Waals surface area (Å²) in [7, 11) is 0. The molecule has 2 amide bonds. The molecule has 3 aliphatic heterocycles. The van der Waals surface area contributed by atoms with Crippen LogP contribution in [0.25, 0.3) is 0 Å². The lowest BCUT2D eigenvalue weighted by Crippen LogP contribution is -2.53. The zero-order valence-electron chi connectivity index (χ0n) is 17.3. The molecule has 1 atom stereocenters. The average molecular weight is 400 g/mol. The Kier molecular flexibility index (Phi) is 6.50. The number of piperidine rings is 2. The molecule has 29 heavy (non-hydrogen) atoms. The number of carbonyl (C=O) groups is 2. The van der Waals surface area contributed by atoms with Gasteiger partial charge in [-0.3, -0.25) is 9.59 Å². The van der Waals surface area contributed by atoms with Gasteiger partial charge >= 0.3 is 0 Å². The number of carbonyl (C=O) groups excluding carboxylic acids is 2. The van der Waals surface area contributed by atoms with Crippen LogP contribution >= 0.6 is 0 Å². The molecular formula is C23H33N3O3. The Morgan fingerprint density at radius 3 is 2.69 bits per heavy atom. The van der Waals surface area contributed by atoms with Crippen LogP contribution < -0.4 is 5.32 Å². The van der Waals surface area contributed by atoms with Crippen LogP contribution in [0, 0.1) is 5.41 Å². The minimum atomic E-state index is 0.00733. The van der Waals surface area contributed by atoms with Gasteiger partial charge in [-0.15, -0.1) is 0 Å². The number of amides is 2. The fraction of sp³-hybridized carbons (Fsp3) is 0.652. The second-order valence-electron chi connectivity index (χ2n) is 8.83. The van der Waals surface area contributed by atoms with E-state index in [9.17, 15) is 9.59 Å². The van der Waals surface area contributed by atoms with E-state index in [0.29, 0.717) is 19.4 Å². The fourth-order valence-corrected chi connectivity index (χ4v) is 4.93. The summed E-state index contributed by atoms with van der Waals surface area (Å²) in [6.45, 7) is 5.57. The number of nitrogens with one attached hydrogen (secondary N) is 1. The Labute approximate surface area is 173 Å². The predicted molar refractivity (Wildman–Crippen MR) is 111 cm³/mol. The van der Waals surface area contributed by atoms with Crippen molar-refractivity contribution >= 4 is 11.8 Å². The normalized spacial score (nSPS) is 24.7. The van der Waals surface area contributed by atoms with E-state index >= 15 is 0 Å². The van der Waals surface area contributed by atoms with Crippen LogP contribution in [0.4, 0.5) is 0 Å². The summed E-state index contributed by atoms with van der Waals surface area (Å²) in [5.74, 6) is 0.494. The van der Waals surface area contributed by atoms with Crippen LogP contribution in [0.2, 0.25) is 0 Å². The molecular weight excluding hydrogens is 366 g/mol. The molecule has 0 radical (unpaired) electrons. The number of hydrogen-bond acceptors (Lipinski definition) is 4. The van der Waals surface area contributed by atoms with Crippen LogP contribution in [0.3, 0.4) is 0 Å². The van der Waals surface area contributed by atoms with Gasteiger partial charge in [-0.1, -0.05) is 30.3 Å². The number of ether oxygens (including phenoxy) is 1. The molecule has 6 nitrogen and oxygen atoms in total. The van der Waals surface area contributed by atoms with Crippen LogP contribution in [-0.2, 0) is 20.7 Å².